The van der Waals surface area contributed by atoms with E-state index in [0.29, 0.717) is 23.6 Å². The van der Waals surface area contributed by atoms with Crippen molar-refractivity contribution >= 4 is 21.4 Å². The van der Waals surface area contributed by atoms with Crippen LogP contribution in [0.4, 0.5) is 5.69 Å². The maximum atomic E-state index is 12.1. The third kappa shape index (κ3) is 3.22. The number of sulfone groups is 1. The van der Waals surface area contributed by atoms with Crippen LogP contribution in [-0.2, 0) is 14.6 Å². The summed E-state index contributed by atoms with van der Waals surface area (Å²) in [7, 11) is -0.0426. The van der Waals surface area contributed by atoms with Crippen molar-refractivity contribution in [3.63, 3.8) is 0 Å². The standard InChI is InChI=1S/C13H17NO5S/c1-18-10-3-4-11(12(7-10)19-2)14-13(15)9-5-6-20(16,17)8-9/h3-4,7,9H,5-6,8H2,1-2H3,(H,14,15). The highest BCUT2D eigenvalue weighted by molar-refractivity contribution is 7.91. The molecule has 0 radical (unpaired) electrons. The van der Waals surface area contributed by atoms with Crippen LogP contribution in [-0.4, -0.2) is 40.1 Å². The van der Waals surface area contributed by atoms with Crippen molar-refractivity contribution in [3.05, 3.63) is 18.2 Å². The number of benzene rings is 1. The molecule has 1 amide bonds. The summed E-state index contributed by atoms with van der Waals surface area (Å²) in [4.78, 5) is 12.1. The molecule has 6 nitrogen and oxygen atoms in total. The second-order valence-corrected chi connectivity index (χ2v) is 6.88. The molecular formula is C13H17NO5S. The van der Waals surface area contributed by atoms with Crippen LogP contribution >= 0.6 is 0 Å². The zero-order valence-corrected chi connectivity index (χ0v) is 12.2. The van der Waals surface area contributed by atoms with Crippen LogP contribution < -0.4 is 14.8 Å². The fourth-order valence-corrected chi connectivity index (χ4v) is 3.88. The van der Waals surface area contributed by atoms with E-state index < -0.39 is 15.8 Å². The molecule has 0 aromatic heterocycles. The lowest BCUT2D eigenvalue weighted by molar-refractivity contribution is -0.119. The largest absolute Gasteiger partial charge is 0.497 e. The minimum atomic E-state index is -3.07. The summed E-state index contributed by atoms with van der Waals surface area (Å²) < 4.78 is 33.0. The van der Waals surface area contributed by atoms with Gasteiger partial charge >= 0.3 is 0 Å². The van der Waals surface area contributed by atoms with E-state index in [1.165, 1.54) is 14.2 Å². The Morgan fingerprint density at radius 2 is 2.05 bits per heavy atom. The van der Waals surface area contributed by atoms with Gasteiger partial charge in [-0.05, 0) is 18.6 Å². The zero-order chi connectivity index (χ0) is 14.8. The molecule has 0 aliphatic carbocycles. The number of hydrogen-bond acceptors (Lipinski definition) is 5. The average molecular weight is 299 g/mol. The Morgan fingerprint density at radius 3 is 2.60 bits per heavy atom. The van der Waals surface area contributed by atoms with Gasteiger partial charge < -0.3 is 14.8 Å². The van der Waals surface area contributed by atoms with E-state index in [2.05, 4.69) is 5.32 Å². The van der Waals surface area contributed by atoms with Crippen LogP contribution in [0.1, 0.15) is 6.42 Å². The van der Waals surface area contributed by atoms with Crippen molar-refractivity contribution in [1.82, 2.24) is 0 Å². The van der Waals surface area contributed by atoms with E-state index >= 15 is 0 Å². The molecule has 2 rings (SSSR count). The van der Waals surface area contributed by atoms with E-state index in [0.717, 1.165) is 0 Å². The topological polar surface area (TPSA) is 81.7 Å². The van der Waals surface area contributed by atoms with Crippen LogP contribution in [0, 0.1) is 5.92 Å². The van der Waals surface area contributed by atoms with E-state index in [4.69, 9.17) is 9.47 Å². The molecule has 1 saturated heterocycles. The van der Waals surface area contributed by atoms with Gasteiger partial charge in [-0.15, -0.1) is 0 Å². The molecule has 0 saturated carbocycles. The number of carbonyl (C=O) groups is 1. The van der Waals surface area contributed by atoms with Gasteiger partial charge in [0, 0.05) is 6.07 Å². The van der Waals surface area contributed by atoms with Crippen LogP contribution in [0.2, 0.25) is 0 Å². The second kappa shape index (κ2) is 5.70. The summed E-state index contributed by atoms with van der Waals surface area (Å²) in [6, 6.07) is 5.02. The van der Waals surface area contributed by atoms with Gasteiger partial charge in [-0.3, -0.25) is 4.79 Å². The lowest BCUT2D eigenvalue weighted by atomic mass is 10.1. The number of hydrogen-bond donors (Lipinski definition) is 1. The Hall–Kier alpha value is -1.76. The Kier molecular flexibility index (Phi) is 4.17. The predicted octanol–water partition coefficient (Wildman–Crippen LogP) is 1.08. The first-order chi connectivity index (χ1) is 9.45. The van der Waals surface area contributed by atoms with Crippen molar-refractivity contribution in [2.75, 3.05) is 31.0 Å². The van der Waals surface area contributed by atoms with Crippen molar-refractivity contribution in [3.8, 4) is 11.5 Å². The molecule has 7 heteroatoms. The molecule has 1 N–H and O–H groups in total. The number of amides is 1. The van der Waals surface area contributed by atoms with Crippen LogP contribution in [0.15, 0.2) is 18.2 Å². The molecule has 1 heterocycles. The second-order valence-electron chi connectivity index (χ2n) is 4.66. The molecule has 1 fully saturated rings. The van der Waals surface area contributed by atoms with Gasteiger partial charge in [-0.2, -0.15) is 0 Å². The highest BCUT2D eigenvalue weighted by atomic mass is 32.2. The lowest BCUT2D eigenvalue weighted by Gasteiger charge is -2.13. The number of rotatable bonds is 4. The van der Waals surface area contributed by atoms with E-state index in [-0.39, 0.29) is 17.4 Å². The molecule has 1 aliphatic rings. The predicted molar refractivity (Wildman–Crippen MR) is 74.9 cm³/mol. The van der Waals surface area contributed by atoms with Crippen LogP contribution in [0.3, 0.4) is 0 Å². The van der Waals surface area contributed by atoms with Gasteiger partial charge in [0.25, 0.3) is 0 Å². The number of anilines is 1. The summed E-state index contributed by atoms with van der Waals surface area (Å²) in [6.45, 7) is 0. The normalized spacial score (nSPS) is 20.4. The molecule has 110 valence electrons. The smallest absolute Gasteiger partial charge is 0.228 e. The van der Waals surface area contributed by atoms with E-state index in [9.17, 15) is 13.2 Å². The average Bonchev–Trinajstić information content (AvgIpc) is 2.79. The van der Waals surface area contributed by atoms with Gasteiger partial charge in [0.05, 0.1) is 37.3 Å². The molecule has 20 heavy (non-hydrogen) atoms. The van der Waals surface area contributed by atoms with Crippen LogP contribution in [0.5, 0.6) is 11.5 Å². The van der Waals surface area contributed by atoms with Crippen molar-refractivity contribution < 1.29 is 22.7 Å². The third-order valence-corrected chi connectivity index (χ3v) is 5.04. The summed E-state index contributed by atoms with van der Waals surface area (Å²) >= 11 is 0. The minimum Gasteiger partial charge on any atom is -0.497 e. The third-order valence-electron chi connectivity index (χ3n) is 3.27. The summed E-state index contributed by atoms with van der Waals surface area (Å²) in [5.74, 6) is 0.283. The fraction of sp³-hybridized carbons (Fsp3) is 0.462. The quantitative estimate of drug-likeness (QED) is 0.899. The van der Waals surface area contributed by atoms with Gasteiger partial charge in [0.2, 0.25) is 5.91 Å². The molecule has 1 unspecified atom stereocenters. The Balaban J connectivity index is 2.12. The Labute approximate surface area is 118 Å². The molecule has 1 aliphatic heterocycles. The van der Waals surface area contributed by atoms with Gasteiger partial charge in [0.15, 0.2) is 9.84 Å². The first-order valence-electron chi connectivity index (χ1n) is 6.18. The minimum absolute atomic E-state index is 0.0742. The Morgan fingerprint density at radius 1 is 1.30 bits per heavy atom. The molecular weight excluding hydrogens is 282 g/mol. The molecule has 1 aromatic carbocycles. The summed E-state index contributed by atoms with van der Waals surface area (Å²) in [5, 5.41) is 2.71. The summed E-state index contributed by atoms with van der Waals surface area (Å²) in [6.07, 6.45) is 0.368. The molecule has 0 bridgehead atoms. The number of nitrogens with one attached hydrogen (secondary N) is 1. The molecule has 1 atom stereocenters. The number of ether oxygens (including phenoxy) is 2. The maximum Gasteiger partial charge on any atom is 0.228 e. The van der Waals surface area contributed by atoms with Crippen LogP contribution in [0.25, 0.3) is 0 Å². The van der Waals surface area contributed by atoms with Crippen molar-refractivity contribution in [2.45, 2.75) is 6.42 Å². The van der Waals surface area contributed by atoms with Gasteiger partial charge in [0.1, 0.15) is 11.5 Å². The van der Waals surface area contributed by atoms with Gasteiger partial charge in [-0.25, -0.2) is 8.42 Å². The molecule has 0 spiro atoms. The zero-order valence-electron chi connectivity index (χ0n) is 11.4. The fourth-order valence-electron chi connectivity index (χ4n) is 2.14. The van der Waals surface area contributed by atoms with E-state index in [1.54, 1.807) is 18.2 Å². The Bertz CT molecular complexity index is 611. The maximum absolute atomic E-state index is 12.1. The van der Waals surface area contributed by atoms with Crippen molar-refractivity contribution in [2.24, 2.45) is 5.92 Å². The monoisotopic (exact) mass is 299 g/mol. The number of methoxy groups -OCH3 is 2. The first kappa shape index (κ1) is 14.6. The van der Waals surface area contributed by atoms with E-state index in [1.807, 2.05) is 0 Å². The summed E-state index contributed by atoms with van der Waals surface area (Å²) in [5.41, 5.74) is 0.502. The first-order valence-corrected chi connectivity index (χ1v) is 8.00. The SMILES string of the molecule is COc1ccc(NC(=O)C2CCS(=O)(=O)C2)c(OC)c1. The molecule has 1 aromatic rings. The highest BCUT2D eigenvalue weighted by Crippen LogP contribution is 2.30. The number of carbonyl (C=O) groups excluding carboxylic acids is 1. The van der Waals surface area contributed by atoms with Crippen molar-refractivity contribution in [1.29, 1.82) is 0 Å². The lowest BCUT2D eigenvalue weighted by Crippen LogP contribution is -2.23. The highest BCUT2D eigenvalue weighted by Gasteiger charge is 2.33. The van der Waals surface area contributed by atoms with Gasteiger partial charge in [-0.1, -0.05) is 0 Å².